The average Bonchev–Trinajstić information content (AvgIpc) is 2.03. The Labute approximate surface area is 71.2 Å². The molecule has 0 spiro atoms. The van der Waals surface area contributed by atoms with Crippen LogP contribution >= 0.6 is 0 Å². The van der Waals surface area contributed by atoms with Gasteiger partial charge in [0.2, 0.25) is 0 Å². The molecule has 2 nitrogen and oxygen atoms in total. The summed E-state index contributed by atoms with van der Waals surface area (Å²) in [4.78, 5) is 0. The monoisotopic (exact) mass is 175 g/mol. The average molecular weight is 175 g/mol. The van der Waals surface area contributed by atoms with Crippen LogP contribution < -0.4 is 5.32 Å². The van der Waals surface area contributed by atoms with Gasteiger partial charge in [0.1, 0.15) is 0 Å². The molecule has 0 aromatic rings. The molecule has 1 aliphatic heterocycles. The SMILES string of the molecule is CS(=O)CCC1CCCCN1. The molecule has 2 atom stereocenters. The predicted molar refractivity (Wildman–Crippen MR) is 49.2 cm³/mol. The van der Waals surface area contributed by atoms with Crippen LogP contribution in [0, 0.1) is 0 Å². The lowest BCUT2D eigenvalue weighted by Crippen LogP contribution is -2.34. The second-order valence-electron chi connectivity index (χ2n) is 3.21. The largest absolute Gasteiger partial charge is 0.314 e. The molecule has 66 valence electrons. The summed E-state index contributed by atoms with van der Waals surface area (Å²) in [6, 6.07) is 0.646. The number of hydrogen-bond donors (Lipinski definition) is 1. The lowest BCUT2D eigenvalue weighted by atomic mass is 10.0. The number of rotatable bonds is 3. The molecule has 2 unspecified atom stereocenters. The van der Waals surface area contributed by atoms with Crippen molar-refractivity contribution in [2.45, 2.75) is 31.7 Å². The van der Waals surface area contributed by atoms with E-state index in [2.05, 4.69) is 5.32 Å². The van der Waals surface area contributed by atoms with Gasteiger partial charge in [0.25, 0.3) is 0 Å². The summed E-state index contributed by atoms with van der Waals surface area (Å²) >= 11 is 0. The van der Waals surface area contributed by atoms with E-state index in [1.54, 1.807) is 6.26 Å². The van der Waals surface area contributed by atoms with Gasteiger partial charge in [0, 0.05) is 28.9 Å². The van der Waals surface area contributed by atoms with Gasteiger partial charge in [0.05, 0.1) is 0 Å². The Morgan fingerprint density at radius 3 is 2.91 bits per heavy atom. The van der Waals surface area contributed by atoms with E-state index in [0.29, 0.717) is 6.04 Å². The van der Waals surface area contributed by atoms with Crippen LogP contribution in [0.3, 0.4) is 0 Å². The summed E-state index contributed by atoms with van der Waals surface area (Å²) in [6.45, 7) is 1.15. The fourth-order valence-corrected chi connectivity index (χ4v) is 2.10. The van der Waals surface area contributed by atoms with E-state index >= 15 is 0 Å². The quantitative estimate of drug-likeness (QED) is 0.690. The Kier molecular flexibility index (Phi) is 4.08. The van der Waals surface area contributed by atoms with Crippen molar-refractivity contribution in [1.82, 2.24) is 5.32 Å². The van der Waals surface area contributed by atoms with Crippen LogP contribution in [0.4, 0.5) is 0 Å². The highest BCUT2D eigenvalue weighted by Crippen LogP contribution is 2.09. The van der Waals surface area contributed by atoms with Crippen LogP contribution in [0.5, 0.6) is 0 Å². The smallest absolute Gasteiger partial charge is 0.0246 e. The molecule has 0 amide bonds. The van der Waals surface area contributed by atoms with Gasteiger partial charge in [-0.1, -0.05) is 6.42 Å². The molecule has 0 aliphatic carbocycles. The Morgan fingerprint density at radius 2 is 2.36 bits per heavy atom. The Bertz CT molecular complexity index is 132. The lowest BCUT2D eigenvalue weighted by Gasteiger charge is -2.22. The molecule has 0 bridgehead atoms. The first-order valence-corrected chi connectivity index (χ1v) is 6.05. The fourth-order valence-electron chi connectivity index (χ4n) is 1.48. The topological polar surface area (TPSA) is 29.1 Å². The standard InChI is InChI=1S/C8H17NOS/c1-11(10)7-5-8-4-2-3-6-9-8/h8-9H,2-7H2,1H3. The van der Waals surface area contributed by atoms with E-state index in [9.17, 15) is 4.21 Å². The summed E-state index contributed by atoms with van der Waals surface area (Å²) in [5, 5.41) is 3.44. The van der Waals surface area contributed by atoms with Crippen molar-refractivity contribution in [3.8, 4) is 0 Å². The number of piperidine rings is 1. The van der Waals surface area contributed by atoms with Gasteiger partial charge >= 0.3 is 0 Å². The lowest BCUT2D eigenvalue weighted by molar-refractivity contribution is 0.394. The third-order valence-corrected chi connectivity index (χ3v) is 2.98. The van der Waals surface area contributed by atoms with Gasteiger partial charge in [-0.3, -0.25) is 4.21 Å². The van der Waals surface area contributed by atoms with Gasteiger partial charge in [-0.25, -0.2) is 0 Å². The Morgan fingerprint density at radius 1 is 1.55 bits per heavy atom. The van der Waals surface area contributed by atoms with E-state index in [1.807, 2.05) is 0 Å². The van der Waals surface area contributed by atoms with Crippen LogP contribution in [-0.2, 0) is 10.8 Å². The normalized spacial score (nSPS) is 28.3. The minimum Gasteiger partial charge on any atom is -0.314 e. The van der Waals surface area contributed by atoms with Gasteiger partial charge in [-0.2, -0.15) is 0 Å². The maximum absolute atomic E-state index is 10.8. The van der Waals surface area contributed by atoms with E-state index in [-0.39, 0.29) is 0 Å². The molecular weight excluding hydrogens is 158 g/mol. The number of nitrogens with one attached hydrogen (secondary N) is 1. The highest BCUT2D eigenvalue weighted by Gasteiger charge is 2.11. The third-order valence-electron chi connectivity index (χ3n) is 2.17. The molecule has 1 aliphatic rings. The van der Waals surface area contributed by atoms with Gasteiger partial charge in [-0.15, -0.1) is 0 Å². The van der Waals surface area contributed by atoms with Crippen LogP contribution in [0.25, 0.3) is 0 Å². The first kappa shape index (κ1) is 9.20. The molecule has 3 heteroatoms. The van der Waals surface area contributed by atoms with Crippen molar-refractivity contribution >= 4 is 10.8 Å². The second-order valence-corrected chi connectivity index (χ2v) is 4.77. The van der Waals surface area contributed by atoms with E-state index < -0.39 is 10.8 Å². The van der Waals surface area contributed by atoms with Crippen LogP contribution in [-0.4, -0.2) is 28.8 Å². The molecular formula is C8H17NOS. The highest BCUT2D eigenvalue weighted by atomic mass is 32.2. The summed E-state index contributed by atoms with van der Waals surface area (Å²) in [7, 11) is -0.607. The second kappa shape index (κ2) is 4.88. The van der Waals surface area contributed by atoms with Crippen molar-refractivity contribution in [3.05, 3.63) is 0 Å². The summed E-state index contributed by atoms with van der Waals surface area (Å²) in [5.74, 6) is 0.859. The maximum Gasteiger partial charge on any atom is 0.0246 e. The van der Waals surface area contributed by atoms with E-state index in [4.69, 9.17) is 0 Å². The van der Waals surface area contributed by atoms with Gasteiger partial charge < -0.3 is 5.32 Å². The summed E-state index contributed by atoms with van der Waals surface area (Å²) < 4.78 is 10.8. The zero-order chi connectivity index (χ0) is 8.10. The molecule has 1 N–H and O–H groups in total. The molecule has 11 heavy (non-hydrogen) atoms. The zero-order valence-corrected chi connectivity index (χ0v) is 7.95. The molecule has 0 saturated carbocycles. The Hall–Kier alpha value is 0.110. The zero-order valence-electron chi connectivity index (χ0n) is 7.14. The molecule has 0 aromatic heterocycles. The van der Waals surface area contributed by atoms with Crippen molar-refractivity contribution in [2.75, 3.05) is 18.6 Å². The van der Waals surface area contributed by atoms with Crippen LogP contribution in [0.15, 0.2) is 0 Å². The number of hydrogen-bond acceptors (Lipinski definition) is 2. The minimum absolute atomic E-state index is 0.607. The fraction of sp³-hybridized carbons (Fsp3) is 1.00. The molecule has 1 fully saturated rings. The molecule has 1 rings (SSSR count). The molecule has 0 aromatic carbocycles. The van der Waals surface area contributed by atoms with E-state index in [0.717, 1.165) is 18.7 Å². The van der Waals surface area contributed by atoms with Crippen molar-refractivity contribution < 1.29 is 4.21 Å². The molecule has 0 radical (unpaired) electrons. The first-order valence-electron chi connectivity index (χ1n) is 4.32. The van der Waals surface area contributed by atoms with E-state index in [1.165, 1.54) is 19.3 Å². The summed E-state index contributed by atoms with van der Waals surface area (Å²) in [5.41, 5.74) is 0. The van der Waals surface area contributed by atoms with Crippen molar-refractivity contribution in [2.24, 2.45) is 0 Å². The minimum atomic E-state index is -0.607. The van der Waals surface area contributed by atoms with Crippen LogP contribution in [0.2, 0.25) is 0 Å². The molecule has 1 saturated heterocycles. The van der Waals surface area contributed by atoms with Crippen molar-refractivity contribution in [1.29, 1.82) is 0 Å². The Balaban J connectivity index is 2.09. The highest BCUT2D eigenvalue weighted by molar-refractivity contribution is 7.84. The summed E-state index contributed by atoms with van der Waals surface area (Å²) in [6.07, 6.45) is 6.79. The predicted octanol–water partition coefficient (Wildman–Crippen LogP) is 0.897. The van der Waals surface area contributed by atoms with Gasteiger partial charge in [-0.05, 0) is 25.8 Å². The molecule has 1 heterocycles. The van der Waals surface area contributed by atoms with Crippen molar-refractivity contribution in [3.63, 3.8) is 0 Å². The maximum atomic E-state index is 10.8. The van der Waals surface area contributed by atoms with Gasteiger partial charge in [0.15, 0.2) is 0 Å². The first-order chi connectivity index (χ1) is 5.29. The third kappa shape index (κ3) is 3.87. The van der Waals surface area contributed by atoms with Crippen LogP contribution in [0.1, 0.15) is 25.7 Å².